The second-order valence-corrected chi connectivity index (χ2v) is 15.5. The van der Waals surface area contributed by atoms with Crippen molar-refractivity contribution in [2.45, 2.75) is 264 Å². The summed E-state index contributed by atoms with van der Waals surface area (Å²) in [6.07, 6.45) is 38.8. The largest absolute Gasteiger partial charge is 0.462 e. The Morgan fingerprint density at radius 3 is 1.22 bits per heavy atom. The topological polar surface area (TPSA) is 95.9 Å². The van der Waals surface area contributed by atoms with Crippen LogP contribution in [-0.2, 0) is 14.3 Å². The molecule has 0 saturated carbocycles. The zero-order valence-electron chi connectivity index (χ0n) is 33.8. The van der Waals surface area contributed by atoms with Crippen molar-refractivity contribution < 1.29 is 24.5 Å². The Morgan fingerprint density at radius 1 is 0.500 bits per heavy atom. The van der Waals surface area contributed by atoms with Crippen LogP contribution in [0, 0.1) is 0 Å². The van der Waals surface area contributed by atoms with Crippen LogP contribution in [0.15, 0.2) is 0 Å². The van der Waals surface area contributed by atoms with Crippen molar-refractivity contribution in [3.8, 4) is 0 Å². The number of carbonyl (C=O) groups is 2. The molecule has 3 N–H and O–H groups in total. The molecule has 0 aliphatic heterocycles. The molecule has 6 heteroatoms. The maximum absolute atomic E-state index is 13.0. The SMILES string of the molecule is CCCCCCCCCCCCCCCCC(O)C(CO)NC(=O)CC(CCCCCCCCCC)OC(=O)CCCCCCCCCCC. The van der Waals surface area contributed by atoms with Gasteiger partial charge in [0, 0.05) is 6.42 Å². The summed E-state index contributed by atoms with van der Waals surface area (Å²) in [4.78, 5) is 25.8. The van der Waals surface area contributed by atoms with Crippen molar-refractivity contribution in [2.24, 2.45) is 0 Å². The van der Waals surface area contributed by atoms with E-state index in [1.807, 2.05) is 0 Å². The predicted octanol–water partition coefficient (Wildman–Crippen LogP) is 12.4. The molecule has 0 spiro atoms. The third-order valence-electron chi connectivity index (χ3n) is 10.4. The maximum atomic E-state index is 13.0. The molecule has 50 heavy (non-hydrogen) atoms. The first-order chi connectivity index (χ1) is 24.5. The van der Waals surface area contributed by atoms with E-state index in [1.165, 1.54) is 154 Å². The van der Waals surface area contributed by atoms with Gasteiger partial charge >= 0.3 is 5.97 Å². The van der Waals surface area contributed by atoms with Gasteiger partial charge in [0.15, 0.2) is 0 Å². The van der Waals surface area contributed by atoms with Crippen LogP contribution >= 0.6 is 0 Å². The minimum Gasteiger partial charge on any atom is -0.462 e. The van der Waals surface area contributed by atoms with Crippen LogP contribution in [0.1, 0.15) is 245 Å². The van der Waals surface area contributed by atoms with Crippen molar-refractivity contribution in [1.29, 1.82) is 0 Å². The van der Waals surface area contributed by atoms with E-state index in [9.17, 15) is 19.8 Å². The van der Waals surface area contributed by atoms with E-state index in [-0.39, 0.29) is 24.9 Å². The molecule has 1 amide bonds. The second-order valence-electron chi connectivity index (χ2n) is 15.5. The molecule has 0 fully saturated rings. The Morgan fingerprint density at radius 2 is 0.840 bits per heavy atom. The van der Waals surface area contributed by atoms with Gasteiger partial charge in [-0.1, -0.05) is 207 Å². The first-order valence-electron chi connectivity index (χ1n) is 22.3. The molecule has 0 aromatic rings. The van der Waals surface area contributed by atoms with E-state index in [1.54, 1.807) is 0 Å². The van der Waals surface area contributed by atoms with E-state index in [0.29, 0.717) is 19.3 Å². The molecule has 0 heterocycles. The zero-order valence-corrected chi connectivity index (χ0v) is 33.8. The minimum atomic E-state index is -0.776. The van der Waals surface area contributed by atoms with Gasteiger partial charge in [0.05, 0.1) is 25.2 Å². The monoisotopic (exact) mass is 710 g/mol. The Labute approximate surface area is 311 Å². The molecular formula is C44H87NO5. The molecule has 0 aromatic carbocycles. The molecule has 0 rings (SSSR count). The van der Waals surface area contributed by atoms with Crippen LogP contribution in [0.2, 0.25) is 0 Å². The highest BCUT2D eigenvalue weighted by molar-refractivity contribution is 5.77. The van der Waals surface area contributed by atoms with Crippen LogP contribution in [0.5, 0.6) is 0 Å². The van der Waals surface area contributed by atoms with Gasteiger partial charge in [-0.25, -0.2) is 0 Å². The molecule has 3 unspecified atom stereocenters. The average Bonchev–Trinajstić information content (AvgIpc) is 3.10. The number of unbranched alkanes of at least 4 members (excludes halogenated alkanes) is 28. The Kier molecular flexibility index (Phi) is 38.2. The van der Waals surface area contributed by atoms with Gasteiger partial charge in [0.1, 0.15) is 6.10 Å². The summed E-state index contributed by atoms with van der Waals surface area (Å²) in [5, 5.41) is 23.6. The Bertz CT molecular complexity index is 717. The summed E-state index contributed by atoms with van der Waals surface area (Å²) in [6, 6.07) is -0.689. The third-order valence-corrected chi connectivity index (χ3v) is 10.4. The lowest BCUT2D eigenvalue weighted by molar-refractivity contribution is -0.151. The fraction of sp³-hybridized carbons (Fsp3) is 0.955. The van der Waals surface area contributed by atoms with Crippen LogP contribution in [0.4, 0.5) is 0 Å². The van der Waals surface area contributed by atoms with E-state index < -0.39 is 18.2 Å². The fourth-order valence-electron chi connectivity index (χ4n) is 7.02. The molecule has 298 valence electrons. The van der Waals surface area contributed by atoms with Crippen LogP contribution in [0.3, 0.4) is 0 Å². The summed E-state index contributed by atoms with van der Waals surface area (Å²) in [5.41, 5.74) is 0. The molecular weight excluding hydrogens is 622 g/mol. The lowest BCUT2D eigenvalue weighted by Crippen LogP contribution is -2.46. The van der Waals surface area contributed by atoms with Crippen molar-refractivity contribution in [1.82, 2.24) is 5.32 Å². The number of esters is 1. The zero-order chi connectivity index (χ0) is 36.8. The second kappa shape index (κ2) is 39.1. The molecule has 0 aliphatic rings. The van der Waals surface area contributed by atoms with Gasteiger partial charge in [-0.3, -0.25) is 9.59 Å². The number of ether oxygens (including phenoxy) is 1. The number of carbonyl (C=O) groups excluding carboxylic acids is 2. The van der Waals surface area contributed by atoms with E-state index in [2.05, 4.69) is 26.1 Å². The highest BCUT2D eigenvalue weighted by Gasteiger charge is 2.24. The lowest BCUT2D eigenvalue weighted by atomic mass is 10.0. The molecule has 0 saturated heterocycles. The van der Waals surface area contributed by atoms with E-state index >= 15 is 0 Å². The highest BCUT2D eigenvalue weighted by atomic mass is 16.5. The molecule has 0 radical (unpaired) electrons. The normalized spacial score (nSPS) is 13.3. The predicted molar refractivity (Wildman–Crippen MR) is 214 cm³/mol. The standard InChI is InChI=1S/C44H87NO5/c1-4-7-10-13-16-19-20-21-22-23-25-27-30-33-36-42(47)41(39-46)45-43(48)38-40(35-32-29-26-18-15-12-9-6-3)50-44(49)37-34-31-28-24-17-14-11-8-5-2/h40-42,46-47H,4-39H2,1-3H3,(H,45,48). The van der Waals surface area contributed by atoms with Gasteiger partial charge in [-0.05, 0) is 25.7 Å². The van der Waals surface area contributed by atoms with Gasteiger partial charge < -0.3 is 20.3 Å². The minimum absolute atomic E-state index is 0.0854. The lowest BCUT2D eigenvalue weighted by Gasteiger charge is -2.24. The summed E-state index contributed by atoms with van der Waals surface area (Å²) in [6.45, 7) is 6.44. The molecule has 6 nitrogen and oxygen atoms in total. The molecule has 0 bridgehead atoms. The van der Waals surface area contributed by atoms with E-state index in [4.69, 9.17) is 4.74 Å². The number of aliphatic hydroxyl groups excluding tert-OH is 2. The summed E-state index contributed by atoms with van der Waals surface area (Å²) >= 11 is 0. The number of amides is 1. The number of hydrogen-bond acceptors (Lipinski definition) is 5. The number of aliphatic hydroxyl groups is 2. The fourth-order valence-corrected chi connectivity index (χ4v) is 7.02. The molecule has 3 atom stereocenters. The summed E-state index contributed by atoms with van der Waals surface area (Å²) in [5.74, 6) is -0.466. The molecule has 0 aliphatic carbocycles. The van der Waals surface area contributed by atoms with Gasteiger partial charge in [0.25, 0.3) is 0 Å². The Hall–Kier alpha value is -1.14. The van der Waals surface area contributed by atoms with Crippen LogP contribution < -0.4 is 5.32 Å². The number of nitrogens with one attached hydrogen (secondary N) is 1. The number of hydrogen-bond donors (Lipinski definition) is 3. The van der Waals surface area contributed by atoms with Gasteiger partial charge in [-0.2, -0.15) is 0 Å². The van der Waals surface area contributed by atoms with Crippen molar-refractivity contribution >= 4 is 11.9 Å². The summed E-state index contributed by atoms with van der Waals surface area (Å²) < 4.78 is 5.86. The average molecular weight is 710 g/mol. The Balaban J connectivity index is 4.42. The quantitative estimate of drug-likeness (QED) is 0.0435. The van der Waals surface area contributed by atoms with Crippen molar-refractivity contribution in [3.63, 3.8) is 0 Å². The first-order valence-corrected chi connectivity index (χ1v) is 22.3. The van der Waals surface area contributed by atoms with E-state index in [0.717, 1.165) is 44.9 Å². The maximum Gasteiger partial charge on any atom is 0.306 e. The first kappa shape index (κ1) is 48.9. The molecule has 0 aromatic heterocycles. The number of rotatable bonds is 40. The van der Waals surface area contributed by atoms with Gasteiger partial charge in [0.2, 0.25) is 5.91 Å². The van der Waals surface area contributed by atoms with Crippen LogP contribution in [0.25, 0.3) is 0 Å². The van der Waals surface area contributed by atoms with Crippen LogP contribution in [-0.4, -0.2) is 46.9 Å². The summed E-state index contributed by atoms with van der Waals surface area (Å²) in [7, 11) is 0. The van der Waals surface area contributed by atoms with Crippen molar-refractivity contribution in [3.05, 3.63) is 0 Å². The third kappa shape index (κ3) is 34.0. The van der Waals surface area contributed by atoms with Gasteiger partial charge in [-0.15, -0.1) is 0 Å². The van der Waals surface area contributed by atoms with Crippen molar-refractivity contribution in [2.75, 3.05) is 6.61 Å². The smallest absolute Gasteiger partial charge is 0.306 e. The highest BCUT2D eigenvalue weighted by Crippen LogP contribution is 2.18.